The third kappa shape index (κ3) is 2.29. The molecule has 5 rings (SSSR count). The minimum Gasteiger partial charge on any atom is -0.306 e. The molecule has 0 atom stereocenters. The van der Waals surface area contributed by atoms with Crippen LogP contribution in [0.4, 0.5) is 0 Å². The van der Waals surface area contributed by atoms with Crippen LogP contribution < -0.4 is 5.56 Å². The molecule has 0 bridgehead atoms. The normalized spacial score (nSPS) is 14.3. The first-order chi connectivity index (χ1) is 12.2. The van der Waals surface area contributed by atoms with E-state index in [1.165, 1.54) is 0 Å². The second kappa shape index (κ2) is 5.17. The van der Waals surface area contributed by atoms with Gasteiger partial charge in [0.05, 0.1) is 22.5 Å². The van der Waals surface area contributed by atoms with E-state index in [1.54, 1.807) is 10.7 Å². The Balaban J connectivity index is 1.87. The Morgan fingerprint density at radius 1 is 1.12 bits per heavy atom. The molecule has 3 heterocycles. The number of rotatable bonds is 3. The largest absolute Gasteiger partial charge is 0.306 e. The van der Waals surface area contributed by atoms with E-state index in [-0.39, 0.29) is 5.56 Å². The van der Waals surface area contributed by atoms with E-state index in [4.69, 9.17) is 5.10 Å². The monoisotopic (exact) mass is 331 g/mol. The summed E-state index contributed by atoms with van der Waals surface area (Å²) < 4.78 is 3.59. The van der Waals surface area contributed by atoms with Crippen molar-refractivity contribution in [1.82, 2.24) is 24.5 Å². The number of nitrogens with zero attached hydrogens (tertiary/aromatic N) is 4. The van der Waals surface area contributed by atoms with Crippen LogP contribution in [0.2, 0.25) is 0 Å². The summed E-state index contributed by atoms with van der Waals surface area (Å²) in [5, 5.41) is 10.4. The molecule has 6 heteroatoms. The number of aryl methyl sites for hydroxylation is 1. The number of pyridine rings is 1. The SMILES string of the molecule is Cn1ccc(-c2cc(=O)[nH]c3c2c(C2CC2)nn3-c2ccccc2)n1. The average molecular weight is 331 g/mol. The first-order valence-corrected chi connectivity index (χ1v) is 8.42. The van der Waals surface area contributed by atoms with Crippen molar-refractivity contribution >= 4 is 11.0 Å². The standard InChI is InChI=1S/C19H17N5O/c1-23-10-9-15(21-23)14-11-16(25)20-19-17(14)18(12-7-8-12)22-24(19)13-5-3-2-4-6-13/h2-6,9-12H,7-8H2,1H3,(H,20,25). The van der Waals surface area contributed by atoms with Crippen molar-refractivity contribution in [3.63, 3.8) is 0 Å². The van der Waals surface area contributed by atoms with Crippen LogP contribution in [0.3, 0.4) is 0 Å². The number of para-hydroxylation sites is 1. The Morgan fingerprint density at radius 2 is 1.92 bits per heavy atom. The molecule has 1 fully saturated rings. The molecular weight excluding hydrogens is 314 g/mol. The van der Waals surface area contributed by atoms with Gasteiger partial charge in [0.1, 0.15) is 5.65 Å². The number of hydrogen-bond donors (Lipinski definition) is 1. The third-order valence-electron chi connectivity index (χ3n) is 4.65. The van der Waals surface area contributed by atoms with Crippen molar-refractivity contribution in [2.45, 2.75) is 18.8 Å². The van der Waals surface area contributed by atoms with Crippen LogP contribution in [0.1, 0.15) is 24.5 Å². The van der Waals surface area contributed by atoms with Gasteiger partial charge >= 0.3 is 0 Å². The molecule has 0 unspecified atom stereocenters. The van der Waals surface area contributed by atoms with Gasteiger partial charge in [-0.15, -0.1) is 0 Å². The van der Waals surface area contributed by atoms with Crippen LogP contribution in [0.15, 0.2) is 53.5 Å². The predicted molar refractivity (Wildman–Crippen MR) is 95.9 cm³/mol. The topological polar surface area (TPSA) is 68.5 Å². The fourth-order valence-corrected chi connectivity index (χ4v) is 3.33. The number of benzene rings is 1. The molecule has 0 spiro atoms. The molecule has 1 saturated carbocycles. The van der Waals surface area contributed by atoms with Gasteiger partial charge in [-0.25, -0.2) is 4.68 Å². The van der Waals surface area contributed by atoms with Gasteiger partial charge in [-0.3, -0.25) is 9.48 Å². The van der Waals surface area contributed by atoms with Crippen LogP contribution in [-0.2, 0) is 7.05 Å². The lowest BCUT2D eigenvalue weighted by Crippen LogP contribution is -2.08. The van der Waals surface area contributed by atoms with Crippen LogP contribution in [0.5, 0.6) is 0 Å². The highest BCUT2D eigenvalue weighted by Crippen LogP contribution is 2.44. The van der Waals surface area contributed by atoms with Gasteiger partial charge in [0.2, 0.25) is 5.56 Å². The summed E-state index contributed by atoms with van der Waals surface area (Å²) in [4.78, 5) is 15.3. The summed E-state index contributed by atoms with van der Waals surface area (Å²) in [6.07, 6.45) is 4.17. The second-order valence-electron chi connectivity index (χ2n) is 6.55. The fraction of sp³-hybridized carbons (Fsp3) is 0.211. The van der Waals surface area contributed by atoms with E-state index in [9.17, 15) is 4.79 Å². The van der Waals surface area contributed by atoms with E-state index >= 15 is 0 Å². The van der Waals surface area contributed by atoms with Gasteiger partial charge in [0, 0.05) is 30.8 Å². The minimum atomic E-state index is -0.146. The summed E-state index contributed by atoms with van der Waals surface area (Å²) in [5.74, 6) is 0.459. The highest BCUT2D eigenvalue weighted by Gasteiger charge is 2.31. The molecule has 1 N–H and O–H groups in total. The molecule has 0 radical (unpaired) electrons. The molecule has 0 saturated heterocycles. The number of H-pyrrole nitrogens is 1. The molecule has 1 aliphatic rings. The lowest BCUT2D eigenvalue weighted by molar-refractivity contribution is 0.771. The zero-order chi connectivity index (χ0) is 17.0. The summed E-state index contributed by atoms with van der Waals surface area (Å²) in [6, 6.07) is 13.5. The molecule has 0 aliphatic heterocycles. The van der Waals surface area contributed by atoms with Gasteiger partial charge in [0.15, 0.2) is 0 Å². The maximum atomic E-state index is 12.3. The van der Waals surface area contributed by atoms with Crippen LogP contribution in [0, 0.1) is 0 Å². The van der Waals surface area contributed by atoms with E-state index in [0.717, 1.165) is 46.5 Å². The second-order valence-corrected chi connectivity index (χ2v) is 6.55. The van der Waals surface area contributed by atoms with Crippen molar-refractivity contribution in [3.05, 3.63) is 64.7 Å². The number of aromatic nitrogens is 5. The van der Waals surface area contributed by atoms with Crippen molar-refractivity contribution < 1.29 is 0 Å². The Labute approximate surface area is 143 Å². The Bertz CT molecular complexity index is 1130. The predicted octanol–water partition coefficient (Wildman–Crippen LogP) is 2.99. The van der Waals surface area contributed by atoms with Gasteiger partial charge < -0.3 is 4.98 Å². The zero-order valence-corrected chi connectivity index (χ0v) is 13.8. The smallest absolute Gasteiger partial charge is 0.250 e. The van der Waals surface area contributed by atoms with Gasteiger partial charge in [-0.2, -0.15) is 10.2 Å². The summed E-state index contributed by atoms with van der Waals surface area (Å²) in [6.45, 7) is 0. The lowest BCUT2D eigenvalue weighted by Gasteiger charge is -2.04. The first kappa shape index (κ1) is 14.2. The zero-order valence-electron chi connectivity index (χ0n) is 13.8. The molecule has 1 aromatic carbocycles. The van der Waals surface area contributed by atoms with E-state index < -0.39 is 0 Å². The molecule has 1 aliphatic carbocycles. The maximum absolute atomic E-state index is 12.3. The number of nitrogens with one attached hydrogen (secondary N) is 1. The van der Waals surface area contributed by atoms with E-state index in [0.29, 0.717) is 5.92 Å². The van der Waals surface area contributed by atoms with Crippen molar-refractivity contribution in [2.24, 2.45) is 7.05 Å². The molecular formula is C19H17N5O. The van der Waals surface area contributed by atoms with Crippen LogP contribution in [-0.4, -0.2) is 24.5 Å². The molecule has 124 valence electrons. The highest BCUT2D eigenvalue weighted by atomic mass is 16.1. The quantitative estimate of drug-likeness (QED) is 0.627. The van der Waals surface area contributed by atoms with Crippen molar-refractivity contribution in [3.8, 4) is 16.9 Å². The summed E-state index contributed by atoms with van der Waals surface area (Å²) in [5.41, 5.74) is 4.23. The van der Waals surface area contributed by atoms with Crippen molar-refractivity contribution in [1.29, 1.82) is 0 Å². The third-order valence-corrected chi connectivity index (χ3v) is 4.65. The van der Waals surface area contributed by atoms with Gasteiger partial charge in [0.25, 0.3) is 0 Å². The summed E-state index contributed by atoms with van der Waals surface area (Å²) in [7, 11) is 1.88. The first-order valence-electron chi connectivity index (χ1n) is 8.42. The minimum absolute atomic E-state index is 0.146. The fourth-order valence-electron chi connectivity index (χ4n) is 3.33. The number of fused-ring (bicyclic) bond motifs is 1. The molecule has 0 amide bonds. The maximum Gasteiger partial charge on any atom is 0.250 e. The lowest BCUT2D eigenvalue weighted by atomic mass is 10.1. The Morgan fingerprint density at radius 3 is 2.60 bits per heavy atom. The number of aromatic amines is 1. The number of hydrogen-bond acceptors (Lipinski definition) is 3. The molecule has 4 aromatic rings. The van der Waals surface area contributed by atoms with E-state index in [1.807, 2.05) is 54.3 Å². The Hall–Kier alpha value is -3.15. The molecule has 6 nitrogen and oxygen atoms in total. The molecule has 3 aromatic heterocycles. The molecule has 25 heavy (non-hydrogen) atoms. The van der Waals surface area contributed by atoms with Gasteiger partial charge in [-0.05, 0) is 31.0 Å². The van der Waals surface area contributed by atoms with E-state index in [2.05, 4.69) is 10.1 Å². The van der Waals surface area contributed by atoms with Gasteiger partial charge in [-0.1, -0.05) is 18.2 Å². The highest BCUT2D eigenvalue weighted by molar-refractivity contribution is 5.95. The summed E-state index contributed by atoms with van der Waals surface area (Å²) >= 11 is 0. The Kier molecular flexibility index (Phi) is 2.94. The van der Waals surface area contributed by atoms with Crippen LogP contribution >= 0.6 is 0 Å². The van der Waals surface area contributed by atoms with Crippen molar-refractivity contribution in [2.75, 3.05) is 0 Å². The average Bonchev–Trinajstić information content (AvgIpc) is 3.26. The van der Waals surface area contributed by atoms with Crippen LogP contribution in [0.25, 0.3) is 28.0 Å².